The van der Waals surface area contributed by atoms with Gasteiger partial charge in [0.05, 0.1) is 5.02 Å². The molecule has 3 heteroatoms. The molecule has 0 bridgehead atoms. The van der Waals surface area contributed by atoms with Crippen LogP contribution in [0.1, 0.15) is 36.7 Å². The number of aromatic nitrogens is 1. The van der Waals surface area contributed by atoms with E-state index in [1.807, 2.05) is 0 Å². The Morgan fingerprint density at radius 1 is 1.54 bits per heavy atom. The number of halogens is 1. The summed E-state index contributed by atoms with van der Waals surface area (Å²) in [4.78, 5) is 15.4. The summed E-state index contributed by atoms with van der Waals surface area (Å²) < 4.78 is 0. The van der Waals surface area contributed by atoms with Gasteiger partial charge in [-0.3, -0.25) is 9.78 Å². The zero-order valence-electron chi connectivity index (χ0n) is 7.59. The highest BCUT2D eigenvalue weighted by Gasteiger charge is 2.05. The molecular weight excluding hydrogens is 186 g/mol. The van der Waals surface area contributed by atoms with Gasteiger partial charge in [-0.1, -0.05) is 24.9 Å². The molecule has 1 rings (SSSR count). The zero-order chi connectivity index (χ0) is 9.68. The Labute approximate surface area is 82.9 Å². The summed E-state index contributed by atoms with van der Waals surface area (Å²) in [5.41, 5.74) is 0.512. The summed E-state index contributed by atoms with van der Waals surface area (Å²) in [7, 11) is 0. The Morgan fingerprint density at radius 2 is 2.31 bits per heavy atom. The number of rotatable bonds is 4. The first-order valence-corrected chi connectivity index (χ1v) is 4.76. The Balaban J connectivity index is 2.61. The van der Waals surface area contributed by atoms with Gasteiger partial charge in [-0.2, -0.15) is 0 Å². The van der Waals surface area contributed by atoms with Crippen molar-refractivity contribution in [2.75, 3.05) is 0 Å². The van der Waals surface area contributed by atoms with Gasteiger partial charge in [0.2, 0.25) is 0 Å². The van der Waals surface area contributed by atoms with Gasteiger partial charge in [-0.05, 0) is 18.6 Å². The molecule has 0 atom stereocenters. The van der Waals surface area contributed by atoms with Crippen LogP contribution in [0.4, 0.5) is 0 Å². The van der Waals surface area contributed by atoms with Crippen LogP contribution < -0.4 is 0 Å². The minimum Gasteiger partial charge on any atom is -0.292 e. The molecule has 2 nitrogen and oxygen atoms in total. The molecule has 1 aromatic rings. The molecule has 0 unspecified atom stereocenters. The predicted molar refractivity (Wildman–Crippen MR) is 53.1 cm³/mol. The van der Waals surface area contributed by atoms with Gasteiger partial charge in [-0.15, -0.1) is 0 Å². The molecule has 0 aliphatic rings. The number of hydrogen-bond acceptors (Lipinski definition) is 2. The van der Waals surface area contributed by atoms with E-state index in [-0.39, 0.29) is 5.78 Å². The van der Waals surface area contributed by atoms with E-state index >= 15 is 0 Å². The van der Waals surface area contributed by atoms with Crippen molar-refractivity contribution in [1.82, 2.24) is 4.98 Å². The van der Waals surface area contributed by atoms with E-state index in [0.717, 1.165) is 12.8 Å². The lowest BCUT2D eigenvalue weighted by atomic mass is 10.1. The standard InChI is InChI=1S/C10H12ClNO/c1-2-3-4-10(13)9-6-5-8(11)7-12-9/h5-7H,2-4H2,1H3. The fraction of sp³-hybridized carbons (Fsp3) is 0.400. The molecule has 1 aromatic heterocycles. The summed E-state index contributed by atoms with van der Waals surface area (Å²) in [6.45, 7) is 2.06. The lowest BCUT2D eigenvalue weighted by Crippen LogP contribution is -2.00. The molecule has 0 spiro atoms. The van der Waals surface area contributed by atoms with Crippen molar-refractivity contribution in [3.05, 3.63) is 29.0 Å². The van der Waals surface area contributed by atoms with Crippen molar-refractivity contribution in [3.8, 4) is 0 Å². The van der Waals surface area contributed by atoms with Gasteiger partial charge in [0.15, 0.2) is 5.78 Å². The lowest BCUT2D eigenvalue weighted by molar-refractivity contribution is 0.0975. The highest BCUT2D eigenvalue weighted by atomic mass is 35.5. The Bertz CT molecular complexity index is 281. The van der Waals surface area contributed by atoms with E-state index < -0.39 is 0 Å². The van der Waals surface area contributed by atoms with E-state index in [9.17, 15) is 4.79 Å². The van der Waals surface area contributed by atoms with Gasteiger partial charge >= 0.3 is 0 Å². The Kier molecular flexibility index (Phi) is 3.90. The predicted octanol–water partition coefficient (Wildman–Crippen LogP) is 3.11. The highest BCUT2D eigenvalue weighted by Crippen LogP contribution is 2.09. The van der Waals surface area contributed by atoms with Gasteiger partial charge in [0.25, 0.3) is 0 Å². The number of carbonyl (C=O) groups excluding carboxylic acids is 1. The fourth-order valence-electron chi connectivity index (χ4n) is 1.01. The second-order valence-corrected chi connectivity index (χ2v) is 3.32. The van der Waals surface area contributed by atoms with Gasteiger partial charge in [0.1, 0.15) is 5.69 Å². The monoisotopic (exact) mass is 197 g/mol. The van der Waals surface area contributed by atoms with E-state index in [1.54, 1.807) is 12.1 Å². The second-order valence-electron chi connectivity index (χ2n) is 2.89. The van der Waals surface area contributed by atoms with Crippen molar-refractivity contribution < 1.29 is 4.79 Å². The number of pyridine rings is 1. The SMILES string of the molecule is CCCCC(=O)c1ccc(Cl)cn1. The summed E-state index contributed by atoms with van der Waals surface area (Å²) in [6, 6.07) is 3.36. The first-order valence-electron chi connectivity index (χ1n) is 4.38. The first-order chi connectivity index (χ1) is 6.24. The molecule has 0 amide bonds. The van der Waals surface area contributed by atoms with Crippen LogP contribution in [0.15, 0.2) is 18.3 Å². The summed E-state index contributed by atoms with van der Waals surface area (Å²) in [5.74, 6) is 0.0958. The smallest absolute Gasteiger partial charge is 0.181 e. The number of Topliss-reactive ketones (excluding diaryl/α,β-unsaturated/α-hetero) is 1. The third kappa shape index (κ3) is 3.15. The molecule has 0 N–H and O–H groups in total. The number of ketones is 1. The van der Waals surface area contributed by atoms with Crippen LogP contribution in [0.2, 0.25) is 5.02 Å². The van der Waals surface area contributed by atoms with Crippen LogP contribution in [0, 0.1) is 0 Å². The largest absolute Gasteiger partial charge is 0.292 e. The van der Waals surface area contributed by atoms with E-state index in [1.165, 1.54) is 6.20 Å². The normalized spacial score (nSPS) is 10.0. The molecule has 13 heavy (non-hydrogen) atoms. The Hall–Kier alpha value is -0.890. The quantitative estimate of drug-likeness (QED) is 0.695. The van der Waals surface area contributed by atoms with Gasteiger partial charge < -0.3 is 0 Å². The highest BCUT2D eigenvalue weighted by molar-refractivity contribution is 6.30. The summed E-state index contributed by atoms with van der Waals surface area (Å²) >= 11 is 5.65. The van der Waals surface area contributed by atoms with E-state index in [0.29, 0.717) is 17.1 Å². The minimum atomic E-state index is 0.0958. The summed E-state index contributed by atoms with van der Waals surface area (Å²) in [6.07, 6.45) is 4.02. The summed E-state index contributed by atoms with van der Waals surface area (Å²) in [5, 5.41) is 0.562. The molecule has 1 heterocycles. The number of carbonyl (C=O) groups is 1. The fourth-order valence-corrected chi connectivity index (χ4v) is 1.12. The lowest BCUT2D eigenvalue weighted by Gasteiger charge is -1.98. The molecule has 0 radical (unpaired) electrons. The number of unbranched alkanes of at least 4 members (excludes halogenated alkanes) is 1. The van der Waals surface area contributed by atoms with Crippen molar-refractivity contribution in [2.24, 2.45) is 0 Å². The zero-order valence-corrected chi connectivity index (χ0v) is 8.34. The number of nitrogens with zero attached hydrogens (tertiary/aromatic N) is 1. The van der Waals surface area contributed by atoms with Crippen molar-refractivity contribution in [2.45, 2.75) is 26.2 Å². The van der Waals surface area contributed by atoms with Crippen LogP contribution in [0.25, 0.3) is 0 Å². The molecule has 0 fully saturated rings. The van der Waals surface area contributed by atoms with Crippen LogP contribution in [-0.2, 0) is 0 Å². The van der Waals surface area contributed by atoms with Crippen LogP contribution in [-0.4, -0.2) is 10.8 Å². The first kappa shape index (κ1) is 10.2. The maximum atomic E-state index is 11.4. The molecular formula is C10H12ClNO. The molecule has 0 aliphatic carbocycles. The van der Waals surface area contributed by atoms with Crippen LogP contribution in [0.3, 0.4) is 0 Å². The van der Waals surface area contributed by atoms with Crippen molar-refractivity contribution in [3.63, 3.8) is 0 Å². The molecule has 0 aliphatic heterocycles. The number of hydrogen-bond donors (Lipinski definition) is 0. The average molecular weight is 198 g/mol. The van der Waals surface area contributed by atoms with Crippen LogP contribution in [0.5, 0.6) is 0 Å². The maximum Gasteiger partial charge on any atom is 0.181 e. The average Bonchev–Trinajstić information content (AvgIpc) is 2.15. The van der Waals surface area contributed by atoms with Gasteiger partial charge in [0, 0.05) is 12.6 Å². The minimum absolute atomic E-state index is 0.0958. The molecule has 70 valence electrons. The van der Waals surface area contributed by atoms with Crippen molar-refractivity contribution >= 4 is 17.4 Å². The Morgan fingerprint density at radius 3 is 2.85 bits per heavy atom. The molecule has 0 saturated heterocycles. The topological polar surface area (TPSA) is 30.0 Å². The second kappa shape index (κ2) is 4.97. The van der Waals surface area contributed by atoms with Crippen molar-refractivity contribution in [1.29, 1.82) is 0 Å². The molecule has 0 aromatic carbocycles. The third-order valence-corrected chi connectivity index (χ3v) is 1.99. The molecule has 0 saturated carbocycles. The van der Waals surface area contributed by atoms with E-state index in [2.05, 4.69) is 11.9 Å². The van der Waals surface area contributed by atoms with Gasteiger partial charge in [-0.25, -0.2) is 0 Å². The van der Waals surface area contributed by atoms with Crippen LogP contribution >= 0.6 is 11.6 Å². The maximum absolute atomic E-state index is 11.4. The third-order valence-electron chi connectivity index (χ3n) is 1.77. The van der Waals surface area contributed by atoms with E-state index in [4.69, 9.17) is 11.6 Å².